The van der Waals surface area contributed by atoms with Crippen molar-refractivity contribution in [2.75, 3.05) is 12.4 Å². The summed E-state index contributed by atoms with van der Waals surface area (Å²) in [7, 11) is 1.59. The summed E-state index contributed by atoms with van der Waals surface area (Å²) < 4.78 is 5.08. The molecule has 5 heteroatoms. The van der Waals surface area contributed by atoms with Crippen LogP contribution in [0.5, 0.6) is 5.75 Å². The van der Waals surface area contributed by atoms with Crippen LogP contribution in [0.4, 0.5) is 5.69 Å². The maximum atomic E-state index is 11.8. The lowest BCUT2D eigenvalue weighted by Gasteiger charge is -2.14. The molecule has 4 nitrogen and oxygen atoms in total. The Kier molecular flexibility index (Phi) is 7.39. The van der Waals surface area contributed by atoms with Crippen molar-refractivity contribution < 1.29 is 9.53 Å². The van der Waals surface area contributed by atoms with E-state index in [0.29, 0.717) is 23.8 Å². The predicted molar refractivity (Wildman–Crippen MR) is 76.3 cm³/mol. The van der Waals surface area contributed by atoms with Crippen LogP contribution in [0.2, 0.25) is 0 Å². The number of rotatable bonds is 5. The van der Waals surface area contributed by atoms with Gasteiger partial charge in [0.15, 0.2) is 0 Å². The lowest BCUT2D eigenvalue weighted by atomic mass is 10.0. The average molecular weight is 273 g/mol. The summed E-state index contributed by atoms with van der Waals surface area (Å²) in [5, 5.41) is 2.78. The molecule has 0 saturated carbocycles. The first-order chi connectivity index (χ1) is 8.02. The summed E-state index contributed by atoms with van der Waals surface area (Å²) in [5.74, 6) is 0.952. The second-order valence-electron chi connectivity index (χ2n) is 4.46. The van der Waals surface area contributed by atoms with Gasteiger partial charge in [0.1, 0.15) is 5.75 Å². The highest BCUT2D eigenvalue weighted by Crippen LogP contribution is 2.17. The molecule has 0 unspecified atom stereocenters. The maximum absolute atomic E-state index is 11.8. The molecule has 3 N–H and O–H groups in total. The Morgan fingerprint density at radius 1 is 1.44 bits per heavy atom. The van der Waals surface area contributed by atoms with Crippen LogP contribution in [-0.2, 0) is 4.79 Å². The highest BCUT2D eigenvalue weighted by Gasteiger charge is 2.14. The second kappa shape index (κ2) is 7.95. The van der Waals surface area contributed by atoms with Crippen LogP contribution in [0.25, 0.3) is 0 Å². The topological polar surface area (TPSA) is 64.3 Å². The zero-order chi connectivity index (χ0) is 12.8. The number of hydrogen-bond acceptors (Lipinski definition) is 3. The van der Waals surface area contributed by atoms with Gasteiger partial charge in [0.2, 0.25) is 5.91 Å². The fraction of sp³-hybridized carbons (Fsp3) is 0.462. The largest absolute Gasteiger partial charge is 0.497 e. The molecule has 1 amide bonds. The van der Waals surface area contributed by atoms with Gasteiger partial charge in [0, 0.05) is 11.8 Å². The number of nitrogens with two attached hydrogens (primary N) is 1. The summed E-state index contributed by atoms with van der Waals surface area (Å²) in [6.45, 7) is 4.08. The molecule has 0 aliphatic heterocycles. The van der Waals surface area contributed by atoms with E-state index in [1.165, 1.54) is 0 Å². The summed E-state index contributed by atoms with van der Waals surface area (Å²) in [5.41, 5.74) is 6.50. The Balaban J connectivity index is 0.00000289. The van der Waals surface area contributed by atoms with E-state index in [0.717, 1.165) is 0 Å². The number of carbonyl (C=O) groups excluding carboxylic acids is 1. The number of halogens is 1. The molecule has 0 aliphatic rings. The molecule has 0 aliphatic carbocycles. The first-order valence-corrected chi connectivity index (χ1v) is 5.73. The van der Waals surface area contributed by atoms with Gasteiger partial charge in [-0.1, -0.05) is 19.9 Å². The number of ether oxygens (including phenoxy) is 1. The quantitative estimate of drug-likeness (QED) is 0.865. The smallest absolute Gasteiger partial charge is 0.241 e. The van der Waals surface area contributed by atoms with Crippen LogP contribution in [0.15, 0.2) is 24.3 Å². The number of methoxy groups -OCH3 is 1. The monoisotopic (exact) mass is 272 g/mol. The highest BCUT2D eigenvalue weighted by atomic mass is 35.5. The fourth-order valence-corrected chi connectivity index (χ4v) is 1.55. The van der Waals surface area contributed by atoms with Gasteiger partial charge in [-0.3, -0.25) is 4.79 Å². The van der Waals surface area contributed by atoms with Gasteiger partial charge in [0.05, 0.1) is 13.2 Å². The van der Waals surface area contributed by atoms with Crippen LogP contribution < -0.4 is 15.8 Å². The second-order valence-corrected chi connectivity index (χ2v) is 4.46. The molecule has 0 spiro atoms. The number of anilines is 1. The SMILES string of the molecule is COc1cccc(NC(=O)[C@@H](N)CC(C)C)c1.Cl. The van der Waals surface area contributed by atoms with Gasteiger partial charge in [-0.25, -0.2) is 0 Å². The van der Waals surface area contributed by atoms with Crippen LogP contribution >= 0.6 is 12.4 Å². The van der Waals surface area contributed by atoms with Crippen molar-refractivity contribution in [2.45, 2.75) is 26.3 Å². The Hall–Kier alpha value is -1.26. The van der Waals surface area contributed by atoms with E-state index in [-0.39, 0.29) is 18.3 Å². The van der Waals surface area contributed by atoms with E-state index < -0.39 is 6.04 Å². The van der Waals surface area contributed by atoms with Gasteiger partial charge in [-0.2, -0.15) is 0 Å². The minimum atomic E-state index is -0.471. The van der Waals surface area contributed by atoms with Crippen molar-refractivity contribution >= 4 is 24.0 Å². The van der Waals surface area contributed by atoms with E-state index in [2.05, 4.69) is 5.32 Å². The Labute approximate surface area is 114 Å². The van der Waals surface area contributed by atoms with Crippen LogP contribution in [0.1, 0.15) is 20.3 Å². The summed E-state index contributed by atoms with van der Waals surface area (Å²) >= 11 is 0. The van der Waals surface area contributed by atoms with Crippen LogP contribution in [0.3, 0.4) is 0 Å². The zero-order valence-electron chi connectivity index (χ0n) is 11.0. The van der Waals surface area contributed by atoms with Gasteiger partial charge >= 0.3 is 0 Å². The molecule has 1 aromatic carbocycles. The number of nitrogens with one attached hydrogen (secondary N) is 1. The average Bonchev–Trinajstić information content (AvgIpc) is 2.28. The molecular formula is C13H21ClN2O2. The lowest BCUT2D eigenvalue weighted by Crippen LogP contribution is -2.36. The van der Waals surface area contributed by atoms with E-state index in [4.69, 9.17) is 10.5 Å². The maximum Gasteiger partial charge on any atom is 0.241 e. The minimum absolute atomic E-state index is 0. The Morgan fingerprint density at radius 2 is 2.11 bits per heavy atom. The third-order valence-corrected chi connectivity index (χ3v) is 2.40. The molecule has 0 fully saturated rings. The summed E-state index contributed by atoms with van der Waals surface area (Å²) in [6, 6.07) is 6.75. The molecule has 18 heavy (non-hydrogen) atoms. The molecular weight excluding hydrogens is 252 g/mol. The minimum Gasteiger partial charge on any atom is -0.497 e. The predicted octanol–water partition coefficient (Wildman–Crippen LogP) is 2.43. The lowest BCUT2D eigenvalue weighted by molar-refractivity contribution is -0.117. The van der Waals surface area contributed by atoms with Gasteiger partial charge in [-0.15, -0.1) is 12.4 Å². The van der Waals surface area contributed by atoms with Crippen molar-refractivity contribution in [1.29, 1.82) is 0 Å². The van der Waals surface area contributed by atoms with Crippen molar-refractivity contribution in [2.24, 2.45) is 11.7 Å². The van der Waals surface area contributed by atoms with Gasteiger partial charge < -0.3 is 15.8 Å². The number of hydrogen-bond donors (Lipinski definition) is 2. The molecule has 1 aromatic rings. The Bertz CT molecular complexity index is 383. The summed E-state index contributed by atoms with van der Waals surface area (Å²) in [4.78, 5) is 11.8. The standard InChI is InChI=1S/C13H20N2O2.ClH/c1-9(2)7-12(14)13(16)15-10-5-4-6-11(8-10)17-3;/h4-6,8-9,12H,7,14H2,1-3H3,(H,15,16);1H/t12-;/m0./s1. The molecule has 102 valence electrons. The van der Waals surface area contributed by atoms with E-state index in [1.807, 2.05) is 32.0 Å². The zero-order valence-corrected chi connectivity index (χ0v) is 11.8. The highest BCUT2D eigenvalue weighted by molar-refractivity contribution is 5.94. The molecule has 0 bridgehead atoms. The van der Waals surface area contributed by atoms with Gasteiger partial charge in [-0.05, 0) is 24.5 Å². The molecule has 1 rings (SSSR count). The van der Waals surface area contributed by atoms with E-state index >= 15 is 0 Å². The fourth-order valence-electron chi connectivity index (χ4n) is 1.55. The van der Waals surface area contributed by atoms with Crippen molar-refractivity contribution in [3.63, 3.8) is 0 Å². The van der Waals surface area contributed by atoms with Gasteiger partial charge in [0.25, 0.3) is 0 Å². The van der Waals surface area contributed by atoms with Crippen molar-refractivity contribution in [1.82, 2.24) is 0 Å². The van der Waals surface area contributed by atoms with Crippen molar-refractivity contribution in [3.05, 3.63) is 24.3 Å². The molecule has 0 radical (unpaired) electrons. The molecule has 0 heterocycles. The van der Waals surface area contributed by atoms with E-state index in [9.17, 15) is 4.79 Å². The molecule has 1 atom stereocenters. The first-order valence-electron chi connectivity index (χ1n) is 5.73. The molecule has 0 saturated heterocycles. The number of benzene rings is 1. The first kappa shape index (κ1) is 16.7. The normalized spacial score (nSPS) is 11.6. The number of amides is 1. The Morgan fingerprint density at radius 3 is 2.67 bits per heavy atom. The van der Waals surface area contributed by atoms with Crippen LogP contribution in [0, 0.1) is 5.92 Å². The molecule has 0 aromatic heterocycles. The van der Waals surface area contributed by atoms with Crippen molar-refractivity contribution in [3.8, 4) is 5.75 Å². The summed E-state index contributed by atoms with van der Waals surface area (Å²) in [6.07, 6.45) is 0.676. The van der Waals surface area contributed by atoms with E-state index in [1.54, 1.807) is 13.2 Å². The third kappa shape index (κ3) is 5.38. The van der Waals surface area contributed by atoms with Crippen LogP contribution in [-0.4, -0.2) is 19.1 Å². The third-order valence-electron chi connectivity index (χ3n) is 2.40. The number of carbonyl (C=O) groups is 1.